The first-order valence-corrected chi connectivity index (χ1v) is 10.6. The first-order chi connectivity index (χ1) is 14.2. The van der Waals surface area contributed by atoms with Crippen molar-refractivity contribution >= 4 is 28.6 Å². The lowest BCUT2D eigenvalue weighted by Crippen LogP contribution is -2.07. The zero-order chi connectivity index (χ0) is 20.5. The molecule has 4 nitrogen and oxygen atoms in total. The second-order valence-corrected chi connectivity index (χ2v) is 7.74. The molecule has 3 N–H and O–H groups in total. The van der Waals surface area contributed by atoms with Gasteiger partial charge in [0.15, 0.2) is 0 Å². The minimum absolute atomic E-state index is 0.766. The van der Waals surface area contributed by atoms with Crippen LogP contribution in [-0.2, 0) is 6.42 Å². The van der Waals surface area contributed by atoms with Gasteiger partial charge in [-0.3, -0.25) is 9.78 Å². The standard InChI is InChI=1S/C15H20O.C10H11N3/c16-12-15-9-5-4-8-14(15)11-10-13-6-2-1-3-7-13;1-12-7-2-3-10-8(6-7)9(11)4-5-13-10/h4-5,8-9,12-13H,1-3,6-7,10-11H2;2-6,12H,1H3,(H2,11,13). The van der Waals surface area contributed by atoms with Crippen molar-refractivity contribution in [3.8, 4) is 0 Å². The minimum atomic E-state index is 0.766. The number of aromatic nitrogens is 1. The van der Waals surface area contributed by atoms with Crippen molar-refractivity contribution in [2.45, 2.75) is 44.9 Å². The van der Waals surface area contributed by atoms with Gasteiger partial charge in [-0.25, -0.2) is 0 Å². The van der Waals surface area contributed by atoms with Gasteiger partial charge in [-0.05, 0) is 48.6 Å². The topological polar surface area (TPSA) is 68.0 Å². The number of nitrogens with two attached hydrogens (primary N) is 1. The van der Waals surface area contributed by atoms with Gasteiger partial charge in [-0.1, -0.05) is 56.4 Å². The summed E-state index contributed by atoms with van der Waals surface area (Å²) in [4.78, 5) is 15.1. The molecule has 1 heterocycles. The maximum Gasteiger partial charge on any atom is 0.150 e. The van der Waals surface area contributed by atoms with Crippen molar-refractivity contribution in [2.75, 3.05) is 18.1 Å². The molecule has 4 rings (SSSR count). The average molecular weight is 390 g/mol. The molecular formula is C25H31N3O. The summed E-state index contributed by atoms with van der Waals surface area (Å²) in [6.45, 7) is 0. The highest BCUT2D eigenvalue weighted by Crippen LogP contribution is 2.27. The molecule has 152 valence electrons. The zero-order valence-corrected chi connectivity index (χ0v) is 17.2. The summed E-state index contributed by atoms with van der Waals surface area (Å²) in [6, 6.07) is 15.7. The molecule has 3 aromatic rings. The molecule has 1 fully saturated rings. The molecule has 1 aromatic heterocycles. The Morgan fingerprint density at radius 1 is 1.10 bits per heavy atom. The lowest BCUT2D eigenvalue weighted by Gasteiger charge is -2.21. The Bertz CT molecular complexity index is 932. The van der Waals surface area contributed by atoms with E-state index in [4.69, 9.17) is 5.73 Å². The van der Waals surface area contributed by atoms with E-state index >= 15 is 0 Å². The van der Waals surface area contributed by atoms with Crippen LogP contribution in [0.1, 0.15) is 54.4 Å². The van der Waals surface area contributed by atoms with Gasteiger partial charge in [0.2, 0.25) is 0 Å². The Morgan fingerprint density at radius 3 is 2.66 bits per heavy atom. The molecule has 0 bridgehead atoms. The van der Waals surface area contributed by atoms with Crippen LogP contribution in [0.4, 0.5) is 11.4 Å². The van der Waals surface area contributed by atoms with Crippen LogP contribution in [0.3, 0.4) is 0 Å². The van der Waals surface area contributed by atoms with Gasteiger partial charge in [0.1, 0.15) is 6.29 Å². The summed E-state index contributed by atoms with van der Waals surface area (Å²) in [6.07, 6.45) is 12.0. The van der Waals surface area contributed by atoms with Gasteiger partial charge < -0.3 is 11.1 Å². The molecule has 0 aliphatic heterocycles. The van der Waals surface area contributed by atoms with Crippen molar-refractivity contribution in [1.29, 1.82) is 0 Å². The lowest BCUT2D eigenvalue weighted by molar-refractivity contribution is 0.112. The van der Waals surface area contributed by atoms with Crippen molar-refractivity contribution in [3.05, 3.63) is 65.9 Å². The molecule has 1 aliphatic rings. The van der Waals surface area contributed by atoms with Crippen LogP contribution in [0.25, 0.3) is 10.9 Å². The molecule has 2 aromatic carbocycles. The molecule has 0 radical (unpaired) electrons. The van der Waals surface area contributed by atoms with Crippen LogP contribution in [-0.4, -0.2) is 18.3 Å². The second-order valence-electron chi connectivity index (χ2n) is 7.74. The fourth-order valence-corrected chi connectivity index (χ4v) is 4.04. The largest absolute Gasteiger partial charge is 0.398 e. The number of anilines is 2. The lowest BCUT2D eigenvalue weighted by atomic mass is 9.85. The molecule has 29 heavy (non-hydrogen) atoms. The number of carbonyl (C=O) groups excluding carboxylic acids is 1. The molecule has 0 atom stereocenters. The van der Waals surface area contributed by atoms with E-state index in [9.17, 15) is 4.79 Å². The number of aryl methyl sites for hydroxylation is 1. The first-order valence-electron chi connectivity index (χ1n) is 10.6. The molecule has 0 unspecified atom stereocenters. The minimum Gasteiger partial charge on any atom is -0.398 e. The van der Waals surface area contributed by atoms with Crippen LogP contribution >= 0.6 is 0 Å². The van der Waals surface area contributed by atoms with Gasteiger partial charge in [0.25, 0.3) is 0 Å². The van der Waals surface area contributed by atoms with Crippen LogP contribution in [0.5, 0.6) is 0 Å². The Kier molecular flexibility index (Phi) is 7.62. The molecule has 0 saturated heterocycles. The highest BCUT2D eigenvalue weighted by Gasteiger charge is 2.13. The molecule has 1 saturated carbocycles. The van der Waals surface area contributed by atoms with Crippen molar-refractivity contribution in [3.63, 3.8) is 0 Å². The van der Waals surface area contributed by atoms with Gasteiger partial charge in [-0.15, -0.1) is 0 Å². The van der Waals surface area contributed by atoms with E-state index in [1.54, 1.807) is 6.20 Å². The zero-order valence-electron chi connectivity index (χ0n) is 17.2. The summed E-state index contributed by atoms with van der Waals surface area (Å²) in [5.74, 6) is 0.897. The predicted octanol–water partition coefficient (Wildman–Crippen LogP) is 5.87. The number of carbonyl (C=O) groups is 1. The SMILES string of the molecule is CNc1ccc2nccc(N)c2c1.O=Cc1ccccc1CCC1CCCCC1. The van der Waals surface area contributed by atoms with Crippen LogP contribution in [0.15, 0.2) is 54.7 Å². The second kappa shape index (κ2) is 10.6. The number of fused-ring (bicyclic) bond motifs is 1. The third-order valence-corrected chi connectivity index (χ3v) is 5.79. The highest BCUT2D eigenvalue weighted by atomic mass is 16.1. The number of benzene rings is 2. The number of nitrogens with one attached hydrogen (secondary N) is 1. The first kappa shape index (κ1) is 20.8. The number of hydrogen-bond donors (Lipinski definition) is 2. The van der Waals surface area contributed by atoms with Crippen molar-refractivity contribution in [2.24, 2.45) is 5.92 Å². The normalized spacial score (nSPS) is 14.1. The summed E-state index contributed by atoms with van der Waals surface area (Å²) < 4.78 is 0. The number of nitrogen functional groups attached to an aromatic ring is 1. The van der Waals surface area contributed by atoms with Crippen molar-refractivity contribution < 1.29 is 4.79 Å². The van der Waals surface area contributed by atoms with E-state index in [-0.39, 0.29) is 0 Å². The molecule has 0 spiro atoms. The van der Waals surface area contributed by atoms with Gasteiger partial charge >= 0.3 is 0 Å². The van der Waals surface area contributed by atoms with Crippen LogP contribution < -0.4 is 11.1 Å². The van der Waals surface area contributed by atoms with E-state index in [0.29, 0.717) is 0 Å². The van der Waals surface area contributed by atoms with Crippen LogP contribution in [0.2, 0.25) is 0 Å². The summed E-state index contributed by atoms with van der Waals surface area (Å²) in [5, 5.41) is 4.06. The third kappa shape index (κ3) is 5.80. The Labute approximate surface area is 173 Å². The average Bonchev–Trinajstić information content (AvgIpc) is 2.79. The smallest absolute Gasteiger partial charge is 0.150 e. The highest BCUT2D eigenvalue weighted by molar-refractivity contribution is 5.92. The monoisotopic (exact) mass is 389 g/mol. The number of hydrogen-bond acceptors (Lipinski definition) is 4. The Hall–Kier alpha value is -2.88. The Morgan fingerprint density at radius 2 is 1.90 bits per heavy atom. The number of aldehydes is 1. The molecule has 0 amide bonds. The van der Waals surface area contributed by atoms with Crippen LogP contribution in [0, 0.1) is 5.92 Å². The molecule has 1 aliphatic carbocycles. The fraction of sp³-hybridized carbons (Fsp3) is 0.360. The number of nitrogens with zero attached hydrogens (tertiary/aromatic N) is 1. The Balaban J connectivity index is 0.000000169. The summed E-state index contributed by atoms with van der Waals surface area (Å²) in [5.41, 5.74) is 10.7. The van der Waals surface area contributed by atoms with Crippen molar-refractivity contribution in [1.82, 2.24) is 4.98 Å². The molecular weight excluding hydrogens is 358 g/mol. The van der Waals surface area contributed by atoms with Gasteiger partial charge in [0, 0.05) is 35.6 Å². The fourth-order valence-electron chi connectivity index (χ4n) is 4.04. The van der Waals surface area contributed by atoms with E-state index in [0.717, 1.165) is 46.5 Å². The number of pyridine rings is 1. The van der Waals surface area contributed by atoms with Gasteiger partial charge in [0.05, 0.1) is 5.52 Å². The maximum absolute atomic E-state index is 10.9. The van der Waals surface area contributed by atoms with E-state index in [1.807, 2.05) is 49.5 Å². The predicted molar refractivity (Wildman–Crippen MR) is 122 cm³/mol. The van der Waals surface area contributed by atoms with E-state index < -0.39 is 0 Å². The number of rotatable bonds is 5. The van der Waals surface area contributed by atoms with E-state index in [1.165, 1.54) is 44.1 Å². The maximum atomic E-state index is 10.9. The van der Waals surface area contributed by atoms with Gasteiger partial charge in [-0.2, -0.15) is 0 Å². The summed E-state index contributed by atoms with van der Waals surface area (Å²) in [7, 11) is 1.88. The quantitative estimate of drug-likeness (QED) is 0.535. The third-order valence-electron chi connectivity index (χ3n) is 5.79. The summed E-state index contributed by atoms with van der Waals surface area (Å²) >= 11 is 0. The van der Waals surface area contributed by atoms with E-state index in [2.05, 4.69) is 16.4 Å². The molecule has 4 heteroatoms.